The fourth-order valence-electron chi connectivity index (χ4n) is 1.82. The van der Waals surface area contributed by atoms with Gasteiger partial charge in [-0.3, -0.25) is 10.1 Å². The van der Waals surface area contributed by atoms with Crippen LogP contribution in [0.25, 0.3) is 0 Å². The third-order valence-corrected chi connectivity index (χ3v) is 3.95. The normalized spacial score (nSPS) is 17.4. The quantitative estimate of drug-likeness (QED) is 0.264. The highest BCUT2D eigenvalue weighted by Gasteiger charge is 2.24. The number of benzene rings is 1. The third-order valence-electron chi connectivity index (χ3n) is 3.05. The molecule has 1 heterocycles. The van der Waals surface area contributed by atoms with Crippen molar-refractivity contribution in [3.05, 3.63) is 46.4 Å². The first-order valence-corrected chi connectivity index (χ1v) is 8.50. The number of esters is 1. The van der Waals surface area contributed by atoms with Gasteiger partial charge in [0.25, 0.3) is 5.91 Å². The highest BCUT2D eigenvalue weighted by Crippen LogP contribution is 2.23. The number of amidine groups is 1. The predicted octanol–water partition coefficient (Wildman–Crippen LogP) is 2.22. The lowest BCUT2D eigenvalue weighted by Crippen LogP contribution is -2.19. The number of amides is 1. The average molecular weight is 361 g/mol. The molecule has 1 aromatic rings. The van der Waals surface area contributed by atoms with Gasteiger partial charge in [-0.1, -0.05) is 31.2 Å². The van der Waals surface area contributed by atoms with Crippen molar-refractivity contribution in [1.82, 2.24) is 5.32 Å². The van der Waals surface area contributed by atoms with E-state index in [-0.39, 0.29) is 4.91 Å². The van der Waals surface area contributed by atoms with Gasteiger partial charge >= 0.3 is 5.97 Å². The van der Waals surface area contributed by atoms with Crippen LogP contribution >= 0.6 is 11.8 Å². The molecule has 1 aliphatic heterocycles. The maximum Gasteiger partial charge on any atom is 0.331 e. The molecule has 0 saturated carbocycles. The Bertz CT molecular complexity index is 711. The van der Waals surface area contributed by atoms with Crippen molar-refractivity contribution in [2.75, 3.05) is 13.7 Å². The van der Waals surface area contributed by atoms with Crippen molar-refractivity contribution < 1.29 is 19.1 Å². The van der Waals surface area contributed by atoms with Crippen molar-refractivity contribution in [3.8, 4) is 0 Å². The Morgan fingerprint density at radius 2 is 2.08 bits per heavy atom. The van der Waals surface area contributed by atoms with E-state index >= 15 is 0 Å². The SMILES string of the molecule is CCCOCc1ccc(C=N/N=C2/NC(=O)/C(=C\C(=O)OC)S2)cc1. The number of nitrogens with one attached hydrogen (secondary N) is 1. The monoisotopic (exact) mass is 361 g/mol. The van der Waals surface area contributed by atoms with Crippen molar-refractivity contribution in [1.29, 1.82) is 0 Å². The molecule has 0 spiro atoms. The standard InChI is InChI=1S/C17H19N3O4S/c1-3-8-24-11-13-6-4-12(5-7-13)10-18-20-17-19-16(22)14(25-17)9-15(21)23-2/h4-7,9-10H,3,8,11H2,1-2H3,(H,19,20,22)/b14-9+,18-10?. The molecule has 0 bridgehead atoms. The second-order valence-corrected chi connectivity index (χ2v) is 6.06. The molecule has 0 radical (unpaired) electrons. The zero-order chi connectivity index (χ0) is 18.1. The Morgan fingerprint density at radius 3 is 2.76 bits per heavy atom. The zero-order valence-electron chi connectivity index (χ0n) is 14.0. The maximum atomic E-state index is 11.7. The summed E-state index contributed by atoms with van der Waals surface area (Å²) >= 11 is 1.03. The summed E-state index contributed by atoms with van der Waals surface area (Å²) in [6.07, 6.45) is 3.69. The third kappa shape index (κ3) is 6.17. The van der Waals surface area contributed by atoms with E-state index in [0.717, 1.165) is 42.0 Å². The first-order valence-electron chi connectivity index (χ1n) is 7.69. The van der Waals surface area contributed by atoms with E-state index in [4.69, 9.17) is 4.74 Å². The fraction of sp³-hybridized carbons (Fsp3) is 0.294. The van der Waals surface area contributed by atoms with Crippen LogP contribution in [0, 0.1) is 0 Å². The number of carbonyl (C=O) groups is 2. The van der Waals surface area contributed by atoms with Crippen LogP contribution in [0.5, 0.6) is 0 Å². The average Bonchev–Trinajstić information content (AvgIpc) is 2.96. The smallest absolute Gasteiger partial charge is 0.331 e. The number of hydrogen-bond donors (Lipinski definition) is 1. The molecule has 1 aliphatic rings. The number of hydrogen-bond acceptors (Lipinski definition) is 7. The molecule has 25 heavy (non-hydrogen) atoms. The molecule has 1 N–H and O–H groups in total. The summed E-state index contributed by atoms with van der Waals surface area (Å²) in [6, 6.07) is 7.76. The van der Waals surface area contributed by atoms with E-state index in [1.165, 1.54) is 7.11 Å². The van der Waals surface area contributed by atoms with Crippen LogP contribution < -0.4 is 5.32 Å². The first-order chi connectivity index (χ1) is 12.1. The molecule has 1 fully saturated rings. The molecule has 0 atom stereocenters. The van der Waals surface area contributed by atoms with Crippen molar-refractivity contribution >= 4 is 35.0 Å². The van der Waals surface area contributed by atoms with Gasteiger partial charge in [0.1, 0.15) is 0 Å². The Balaban J connectivity index is 1.92. The molecule has 1 saturated heterocycles. The van der Waals surface area contributed by atoms with Gasteiger partial charge in [-0.25, -0.2) is 4.79 Å². The summed E-state index contributed by atoms with van der Waals surface area (Å²) in [6.45, 7) is 3.41. The topological polar surface area (TPSA) is 89.4 Å². The minimum atomic E-state index is -0.592. The first kappa shape index (κ1) is 18.9. The second kappa shape index (κ2) is 9.75. The number of thioether (sulfide) groups is 1. The number of rotatable bonds is 7. The number of methoxy groups -OCH3 is 1. The minimum Gasteiger partial charge on any atom is -0.466 e. The zero-order valence-corrected chi connectivity index (χ0v) is 14.8. The van der Waals surface area contributed by atoms with Gasteiger partial charge in [0.15, 0.2) is 5.17 Å². The summed E-state index contributed by atoms with van der Waals surface area (Å²) in [4.78, 5) is 23.0. The van der Waals surface area contributed by atoms with Crippen LogP contribution in [0.15, 0.2) is 45.4 Å². The summed E-state index contributed by atoms with van der Waals surface area (Å²) < 4.78 is 9.96. The van der Waals surface area contributed by atoms with E-state index in [1.807, 2.05) is 24.3 Å². The van der Waals surface area contributed by atoms with Crippen LogP contribution in [0.1, 0.15) is 24.5 Å². The van der Waals surface area contributed by atoms with Crippen LogP contribution in [0.4, 0.5) is 0 Å². The number of ether oxygens (including phenoxy) is 2. The highest BCUT2D eigenvalue weighted by atomic mass is 32.2. The number of carbonyl (C=O) groups excluding carboxylic acids is 2. The molecular weight excluding hydrogens is 342 g/mol. The van der Waals surface area contributed by atoms with E-state index < -0.39 is 11.9 Å². The maximum absolute atomic E-state index is 11.7. The molecule has 1 amide bonds. The Hall–Kier alpha value is -2.45. The van der Waals surface area contributed by atoms with Crippen molar-refractivity contribution in [2.24, 2.45) is 10.2 Å². The molecule has 2 rings (SSSR count). The molecule has 132 valence electrons. The van der Waals surface area contributed by atoms with Crippen LogP contribution in [0.2, 0.25) is 0 Å². The van der Waals surface area contributed by atoms with Gasteiger partial charge < -0.3 is 9.47 Å². The lowest BCUT2D eigenvalue weighted by molar-refractivity contribution is -0.135. The van der Waals surface area contributed by atoms with Gasteiger partial charge in [-0.05, 0) is 29.3 Å². The Morgan fingerprint density at radius 1 is 1.32 bits per heavy atom. The largest absolute Gasteiger partial charge is 0.466 e. The molecular formula is C17H19N3O4S. The molecule has 7 nitrogen and oxygen atoms in total. The van der Waals surface area contributed by atoms with E-state index in [0.29, 0.717) is 11.8 Å². The van der Waals surface area contributed by atoms with Gasteiger partial charge in [0.2, 0.25) is 0 Å². The van der Waals surface area contributed by atoms with E-state index in [2.05, 4.69) is 27.2 Å². The van der Waals surface area contributed by atoms with Gasteiger partial charge in [0, 0.05) is 12.7 Å². The van der Waals surface area contributed by atoms with Crippen molar-refractivity contribution in [3.63, 3.8) is 0 Å². The molecule has 8 heteroatoms. The molecule has 1 aromatic carbocycles. The van der Waals surface area contributed by atoms with Gasteiger partial charge in [0.05, 0.1) is 24.8 Å². The van der Waals surface area contributed by atoms with Crippen LogP contribution in [-0.4, -0.2) is 37.0 Å². The fourth-order valence-corrected chi connectivity index (χ4v) is 2.56. The second-order valence-electron chi connectivity index (χ2n) is 5.03. The molecule has 0 unspecified atom stereocenters. The number of nitrogens with zero attached hydrogens (tertiary/aromatic N) is 2. The highest BCUT2D eigenvalue weighted by molar-refractivity contribution is 8.18. The lowest BCUT2D eigenvalue weighted by Gasteiger charge is -2.02. The van der Waals surface area contributed by atoms with Gasteiger partial charge in [-0.2, -0.15) is 5.10 Å². The summed E-state index contributed by atoms with van der Waals surface area (Å²) in [5, 5.41) is 10.7. The van der Waals surface area contributed by atoms with E-state index in [9.17, 15) is 9.59 Å². The predicted molar refractivity (Wildman–Crippen MR) is 97.3 cm³/mol. The lowest BCUT2D eigenvalue weighted by atomic mass is 10.1. The molecule has 0 aliphatic carbocycles. The summed E-state index contributed by atoms with van der Waals surface area (Å²) in [5.41, 5.74) is 1.97. The Labute approximate surface area is 150 Å². The van der Waals surface area contributed by atoms with Crippen LogP contribution in [-0.2, 0) is 25.7 Å². The molecule has 0 aromatic heterocycles. The summed E-state index contributed by atoms with van der Waals surface area (Å²) in [5.74, 6) is -0.994. The van der Waals surface area contributed by atoms with Crippen molar-refractivity contribution in [2.45, 2.75) is 20.0 Å². The van der Waals surface area contributed by atoms with E-state index in [1.54, 1.807) is 6.21 Å². The minimum absolute atomic E-state index is 0.220. The summed E-state index contributed by atoms with van der Waals surface area (Å²) in [7, 11) is 1.25. The van der Waals surface area contributed by atoms with Gasteiger partial charge in [-0.15, -0.1) is 5.10 Å². The van der Waals surface area contributed by atoms with Crippen LogP contribution in [0.3, 0.4) is 0 Å². The Kier molecular flexibility index (Phi) is 7.36.